The van der Waals surface area contributed by atoms with Crippen LogP contribution in [0.15, 0.2) is 12.1 Å². The Bertz CT molecular complexity index is 546. The number of amides is 1. The van der Waals surface area contributed by atoms with E-state index in [2.05, 4.69) is 12.2 Å². The Kier molecular flexibility index (Phi) is 7.41. The summed E-state index contributed by atoms with van der Waals surface area (Å²) in [5, 5.41) is 3.18. The summed E-state index contributed by atoms with van der Waals surface area (Å²) in [6.45, 7) is 9.44. The first-order valence-electron chi connectivity index (χ1n) is 9.47. The van der Waals surface area contributed by atoms with Crippen molar-refractivity contribution >= 4 is 5.91 Å². The van der Waals surface area contributed by atoms with Crippen LogP contribution < -0.4 is 19.5 Å². The molecule has 0 saturated heterocycles. The molecule has 140 valence electrons. The van der Waals surface area contributed by atoms with Gasteiger partial charge in [-0.2, -0.15) is 0 Å². The van der Waals surface area contributed by atoms with E-state index in [1.54, 1.807) is 12.1 Å². The summed E-state index contributed by atoms with van der Waals surface area (Å²) in [5.41, 5.74) is 0.549. The van der Waals surface area contributed by atoms with Gasteiger partial charge < -0.3 is 19.5 Å². The number of carbonyl (C=O) groups excluding carboxylic acids is 1. The molecule has 0 bridgehead atoms. The van der Waals surface area contributed by atoms with E-state index in [1.807, 2.05) is 20.8 Å². The minimum atomic E-state index is -0.0799. The van der Waals surface area contributed by atoms with Crippen molar-refractivity contribution in [2.45, 2.75) is 59.4 Å². The lowest BCUT2D eigenvalue weighted by Crippen LogP contribution is -2.41. The summed E-state index contributed by atoms with van der Waals surface area (Å²) in [4.78, 5) is 12.8. The van der Waals surface area contributed by atoms with E-state index in [0.29, 0.717) is 48.6 Å². The summed E-state index contributed by atoms with van der Waals surface area (Å²) in [7, 11) is 0. The van der Waals surface area contributed by atoms with E-state index in [-0.39, 0.29) is 11.9 Å². The lowest BCUT2D eigenvalue weighted by Gasteiger charge is -2.29. The SMILES string of the molecule is CCOc1cc(C(=O)N[C@@H]2CCCC[C@H]2C)cc(OCC)c1OCC. The third-order valence-corrected chi connectivity index (χ3v) is 4.60. The van der Waals surface area contributed by atoms with Gasteiger partial charge in [0.1, 0.15) is 0 Å². The molecule has 1 amide bonds. The summed E-state index contributed by atoms with van der Waals surface area (Å²) >= 11 is 0. The summed E-state index contributed by atoms with van der Waals surface area (Å²) < 4.78 is 17.1. The highest BCUT2D eigenvalue weighted by molar-refractivity contribution is 5.95. The van der Waals surface area contributed by atoms with Gasteiger partial charge in [0.25, 0.3) is 5.91 Å². The Labute approximate surface area is 151 Å². The number of hydrogen-bond donors (Lipinski definition) is 1. The summed E-state index contributed by atoms with van der Waals surface area (Å²) in [6, 6.07) is 3.73. The molecule has 0 aromatic heterocycles. The maximum atomic E-state index is 12.8. The topological polar surface area (TPSA) is 56.8 Å². The van der Waals surface area contributed by atoms with Gasteiger partial charge in [0.2, 0.25) is 5.75 Å². The monoisotopic (exact) mass is 349 g/mol. The maximum Gasteiger partial charge on any atom is 0.251 e. The van der Waals surface area contributed by atoms with E-state index in [0.717, 1.165) is 6.42 Å². The predicted octanol–water partition coefficient (Wildman–Crippen LogP) is 4.19. The number of rotatable bonds is 8. The first kappa shape index (κ1) is 19.4. The fourth-order valence-electron chi connectivity index (χ4n) is 3.30. The molecule has 0 unspecified atom stereocenters. The summed E-state index contributed by atoms with van der Waals surface area (Å²) in [6.07, 6.45) is 4.63. The number of ether oxygens (including phenoxy) is 3. The van der Waals surface area contributed by atoms with Gasteiger partial charge in [-0.3, -0.25) is 4.79 Å². The van der Waals surface area contributed by atoms with Gasteiger partial charge in [0.15, 0.2) is 11.5 Å². The van der Waals surface area contributed by atoms with Crippen molar-refractivity contribution in [1.29, 1.82) is 0 Å². The third-order valence-electron chi connectivity index (χ3n) is 4.60. The lowest BCUT2D eigenvalue weighted by molar-refractivity contribution is 0.0909. The zero-order valence-corrected chi connectivity index (χ0v) is 15.9. The van der Waals surface area contributed by atoms with Crippen LogP contribution in [0.1, 0.15) is 63.7 Å². The summed E-state index contributed by atoms with van der Waals surface area (Å²) in [5.74, 6) is 2.10. The van der Waals surface area contributed by atoms with Crippen molar-refractivity contribution in [2.75, 3.05) is 19.8 Å². The highest BCUT2D eigenvalue weighted by atomic mass is 16.5. The second-order valence-corrected chi connectivity index (χ2v) is 6.44. The zero-order chi connectivity index (χ0) is 18.2. The maximum absolute atomic E-state index is 12.8. The van der Waals surface area contributed by atoms with Crippen molar-refractivity contribution in [2.24, 2.45) is 5.92 Å². The standard InChI is InChI=1S/C20H31NO4/c1-5-23-17-12-15(13-18(24-6-2)19(17)25-7-3)20(22)21-16-11-9-8-10-14(16)4/h12-14,16H,5-11H2,1-4H3,(H,21,22)/t14-,16-/m1/s1. The van der Waals surface area contributed by atoms with E-state index in [4.69, 9.17) is 14.2 Å². The van der Waals surface area contributed by atoms with E-state index in [1.165, 1.54) is 19.3 Å². The predicted molar refractivity (Wildman–Crippen MR) is 98.8 cm³/mol. The van der Waals surface area contributed by atoms with Crippen LogP contribution in [0.3, 0.4) is 0 Å². The van der Waals surface area contributed by atoms with Crippen LogP contribution in [0, 0.1) is 5.92 Å². The molecule has 0 radical (unpaired) electrons. The van der Waals surface area contributed by atoms with Gasteiger partial charge in [-0.1, -0.05) is 19.8 Å². The number of nitrogens with one attached hydrogen (secondary N) is 1. The first-order chi connectivity index (χ1) is 12.1. The molecule has 0 heterocycles. The van der Waals surface area contributed by atoms with Crippen LogP contribution in [0.25, 0.3) is 0 Å². The van der Waals surface area contributed by atoms with Crippen molar-refractivity contribution in [1.82, 2.24) is 5.32 Å². The van der Waals surface area contributed by atoms with Gasteiger partial charge in [-0.05, 0) is 51.7 Å². The number of hydrogen-bond acceptors (Lipinski definition) is 4. The third kappa shape index (κ3) is 5.03. The van der Waals surface area contributed by atoms with E-state index >= 15 is 0 Å². The quantitative estimate of drug-likeness (QED) is 0.764. The van der Waals surface area contributed by atoms with Crippen LogP contribution in [-0.2, 0) is 0 Å². The van der Waals surface area contributed by atoms with Crippen LogP contribution in [-0.4, -0.2) is 31.8 Å². The molecular weight excluding hydrogens is 318 g/mol. The van der Waals surface area contributed by atoms with Crippen LogP contribution in [0.2, 0.25) is 0 Å². The molecule has 2 rings (SSSR count). The van der Waals surface area contributed by atoms with E-state index < -0.39 is 0 Å². The molecular formula is C20H31NO4. The van der Waals surface area contributed by atoms with Gasteiger partial charge >= 0.3 is 0 Å². The number of carbonyl (C=O) groups is 1. The molecule has 1 aromatic carbocycles. The molecule has 1 aliphatic rings. The number of benzene rings is 1. The molecule has 2 atom stereocenters. The van der Waals surface area contributed by atoms with Crippen LogP contribution >= 0.6 is 0 Å². The Hall–Kier alpha value is -1.91. The Morgan fingerprint density at radius 3 is 2.08 bits per heavy atom. The fourth-order valence-corrected chi connectivity index (χ4v) is 3.30. The molecule has 1 fully saturated rings. The highest BCUT2D eigenvalue weighted by Crippen LogP contribution is 2.39. The Morgan fingerprint density at radius 1 is 1.00 bits per heavy atom. The fraction of sp³-hybridized carbons (Fsp3) is 0.650. The largest absolute Gasteiger partial charge is 0.490 e. The molecule has 0 aliphatic heterocycles. The van der Waals surface area contributed by atoms with E-state index in [9.17, 15) is 4.79 Å². The van der Waals surface area contributed by atoms with Crippen LogP contribution in [0.5, 0.6) is 17.2 Å². The average molecular weight is 349 g/mol. The molecule has 5 nitrogen and oxygen atoms in total. The molecule has 1 N–H and O–H groups in total. The minimum absolute atomic E-state index is 0.0799. The molecule has 0 spiro atoms. The Morgan fingerprint density at radius 2 is 1.56 bits per heavy atom. The highest BCUT2D eigenvalue weighted by Gasteiger charge is 2.25. The second kappa shape index (κ2) is 9.54. The van der Waals surface area contributed by atoms with Gasteiger partial charge in [0.05, 0.1) is 19.8 Å². The van der Waals surface area contributed by atoms with Crippen molar-refractivity contribution in [3.8, 4) is 17.2 Å². The minimum Gasteiger partial charge on any atom is -0.490 e. The van der Waals surface area contributed by atoms with Crippen LogP contribution in [0.4, 0.5) is 0 Å². The lowest BCUT2D eigenvalue weighted by atomic mass is 9.86. The van der Waals surface area contributed by atoms with Gasteiger partial charge in [0, 0.05) is 11.6 Å². The van der Waals surface area contributed by atoms with Gasteiger partial charge in [-0.25, -0.2) is 0 Å². The van der Waals surface area contributed by atoms with Crippen molar-refractivity contribution in [3.63, 3.8) is 0 Å². The zero-order valence-electron chi connectivity index (χ0n) is 15.9. The molecule has 1 saturated carbocycles. The first-order valence-corrected chi connectivity index (χ1v) is 9.47. The Balaban J connectivity index is 2.27. The molecule has 1 aromatic rings. The second-order valence-electron chi connectivity index (χ2n) is 6.44. The smallest absolute Gasteiger partial charge is 0.251 e. The molecule has 25 heavy (non-hydrogen) atoms. The molecule has 1 aliphatic carbocycles. The van der Waals surface area contributed by atoms with Gasteiger partial charge in [-0.15, -0.1) is 0 Å². The molecule has 5 heteroatoms. The van der Waals surface area contributed by atoms with Crippen molar-refractivity contribution < 1.29 is 19.0 Å². The normalized spacial score (nSPS) is 20.0. The van der Waals surface area contributed by atoms with Crippen molar-refractivity contribution in [3.05, 3.63) is 17.7 Å². The average Bonchev–Trinajstić information content (AvgIpc) is 2.60.